The van der Waals surface area contributed by atoms with Gasteiger partial charge in [-0.15, -0.1) is 0 Å². The number of para-hydroxylation sites is 1. The summed E-state index contributed by atoms with van der Waals surface area (Å²) in [5.41, 5.74) is 1.74. The van der Waals surface area contributed by atoms with Crippen LogP contribution in [-0.2, 0) is 9.59 Å². The van der Waals surface area contributed by atoms with Crippen molar-refractivity contribution in [3.63, 3.8) is 0 Å². The summed E-state index contributed by atoms with van der Waals surface area (Å²) in [5, 5.41) is 2.85. The first kappa shape index (κ1) is 19.0. The molecule has 0 unspecified atom stereocenters. The molecule has 2 amide bonds. The van der Waals surface area contributed by atoms with Crippen molar-refractivity contribution in [1.82, 2.24) is 4.90 Å². The maximum absolute atomic E-state index is 12.4. The third-order valence-electron chi connectivity index (χ3n) is 3.54. The third-order valence-corrected chi connectivity index (χ3v) is 3.97. The molecular formula is C19H21BrN2O3. The average Bonchev–Trinajstić information content (AvgIpc) is 3.00. The van der Waals surface area contributed by atoms with Crippen LogP contribution < -0.4 is 5.32 Å². The minimum absolute atomic E-state index is 0.00714. The van der Waals surface area contributed by atoms with E-state index in [9.17, 15) is 9.59 Å². The van der Waals surface area contributed by atoms with E-state index in [0.29, 0.717) is 17.0 Å². The smallest absolute Gasteiger partial charge is 0.247 e. The number of nitrogens with zero attached hydrogens (tertiary/aromatic N) is 1. The highest BCUT2D eigenvalue weighted by Gasteiger charge is 2.15. The number of nitrogens with one attached hydrogen (secondary N) is 1. The summed E-state index contributed by atoms with van der Waals surface area (Å²) in [5.74, 6) is 0.126. The lowest BCUT2D eigenvalue weighted by Crippen LogP contribution is -2.37. The Kier molecular flexibility index (Phi) is 7.01. The van der Waals surface area contributed by atoms with Gasteiger partial charge >= 0.3 is 0 Å². The van der Waals surface area contributed by atoms with Gasteiger partial charge in [0.25, 0.3) is 0 Å². The van der Waals surface area contributed by atoms with Crippen LogP contribution in [0.25, 0.3) is 6.08 Å². The van der Waals surface area contributed by atoms with Crippen LogP contribution >= 0.6 is 15.9 Å². The van der Waals surface area contributed by atoms with Gasteiger partial charge in [-0.25, -0.2) is 0 Å². The van der Waals surface area contributed by atoms with Crippen molar-refractivity contribution < 1.29 is 14.0 Å². The molecule has 6 heteroatoms. The standard InChI is InChI=1S/C19H21BrN2O3/c1-3-12-22(19(24)11-9-15-8-10-17(20)25-15)13-18(23)21-16-7-5-4-6-14(16)2/h4-11H,3,12-13H2,1-2H3,(H,21,23)/b11-9+. The molecule has 0 spiro atoms. The van der Waals surface area contributed by atoms with Gasteiger partial charge in [0.1, 0.15) is 12.3 Å². The summed E-state index contributed by atoms with van der Waals surface area (Å²) in [7, 11) is 0. The van der Waals surface area contributed by atoms with Gasteiger partial charge in [-0.3, -0.25) is 9.59 Å². The molecule has 0 radical (unpaired) electrons. The minimum atomic E-state index is -0.227. The SMILES string of the molecule is CCCN(CC(=O)Nc1ccccc1C)C(=O)/C=C/c1ccc(Br)o1. The molecule has 0 aliphatic carbocycles. The molecule has 25 heavy (non-hydrogen) atoms. The fourth-order valence-electron chi connectivity index (χ4n) is 2.29. The summed E-state index contributed by atoms with van der Waals surface area (Å²) in [4.78, 5) is 26.2. The minimum Gasteiger partial charge on any atom is -0.450 e. The average molecular weight is 405 g/mol. The highest BCUT2D eigenvalue weighted by atomic mass is 79.9. The van der Waals surface area contributed by atoms with Crippen molar-refractivity contribution in [3.05, 3.63) is 58.5 Å². The first-order valence-electron chi connectivity index (χ1n) is 8.07. The fraction of sp³-hybridized carbons (Fsp3) is 0.263. The maximum atomic E-state index is 12.4. The summed E-state index contributed by atoms with van der Waals surface area (Å²) in [6.07, 6.45) is 3.78. The molecule has 0 aliphatic heterocycles. The third kappa shape index (κ3) is 5.90. The van der Waals surface area contributed by atoms with Crippen LogP contribution in [0.4, 0.5) is 5.69 Å². The van der Waals surface area contributed by atoms with Gasteiger partial charge in [0.15, 0.2) is 4.67 Å². The normalized spacial score (nSPS) is 10.8. The first-order valence-corrected chi connectivity index (χ1v) is 8.86. The first-order chi connectivity index (χ1) is 12.0. The number of carbonyl (C=O) groups excluding carboxylic acids is 2. The van der Waals surface area contributed by atoms with Gasteiger partial charge in [-0.1, -0.05) is 25.1 Å². The second kappa shape index (κ2) is 9.22. The van der Waals surface area contributed by atoms with E-state index in [4.69, 9.17) is 4.42 Å². The molecule has 1 heterocycles. The van der Waals surface area contributed by atoms with Gasteiger partial charge in [-0.05, 0) is 59.1 Å². The number of halogens is 1. The van der Waals surface area contributed by atoms with Crippen molar-refractivity contribution in [2.75, 3.05) is 18.4 Å². The van der Waals surface area contributed by atoms with E-state index >= 15 is 0 Å². The zero-order valence-electron chi connectivity index (χ0n) is 14.3. The summed E-state index contributed by atoms with van der Waals surface area (Å²) in [6, 6.07) is 11.0. The van der Waals surface area contributed by atoms with E-state index in [1.54, 1.807) is 18.2 Å². The van der Waals surface area contributed by atoms with Gasteiger partial charge in [0.2, 0.25) is 11.8 Å². The summed E-state index contributed by atoms with van der Waals surface area (Å²) < 4.78 is 5.93. The van der Waals surface area contributed by atoms with Gasteiger partial charge in [-0.2, -0.15) is 0 Å². The number of aryl methyl sites for hydroxylation is 1. The molecule has 0 saturated heterocycles. The van der Waals surface area contributed by atoms with E-state index in [1.165, 1.54) is 11.0 Å². The largest absolute Gasteiger partial charge is 0.450 e. The van der Waals surface area contributed by atoms with Crippen LogP contribution in [0.1, 0.15) is 24.7 Å². The van der Waals surface area contributed by atoms with Gasteiger partial charge in [0, 0.05) is 18.3 Å². The van der Waals surface area contributed by atoms with Crippen LogP contribution in [-0.4, -0.2) is 29.8 Å². The molecule has 2 aromatic rings. The summed E-state index contributed by atoms with van der Waals surface area (Å²) >= 11 is 3.21. The number of rotatable bonds is 7. The fourth-order valence-corrected chi connectivity index (χ4v) is 2.61. The Bertz CT molecular complexity index is 768. The molecule has 0 saturated carbocycles. The molecule has 0 fully saturated rings. The quantitative estimate of drug-likeness (QED) is 0.701. The Hall–Kier alpha value is -2.34. The molecule has 1 aromatic heterocycles. The Morgan fingerprint density at radius 3 is 2.64 bits per heavy atom. The number of benzene rings is 1. The highest BCUT2D eigenvalue weighted by molar-refractivity contribution is 9.10. The Labute approximate surface area is 155 Å². The molecule has 0 atom stereocenters. The predicted molar refractivity (Wildman–Crippen MR) is 102 cm³/mol. The lowest BCUT2D eigenvalue weighted by atomic mass is 10.2. The van der Waals surface area contributed by atoms with E-state index in [0.717, 1.165) is 17.7 Å². The second-order valence-corrected chi connectivity index (χ2v) is 6.38. The topological polar surface area (TPSA) is 62.6 Å². The molecule has 2 rings (SSSR count). The lowest BCUT2D eigenvalue weighted by molar-refractivity contribution is -0.130. The van der Waals surface area contributed by atoms with Crippen LogP contribution in [0.15, 0.2) is 51.6 Å². The predicted octanol–water partition coefficient (Wildman–Crippen LogP) is 4.24. The van der Waals surface area contributed by atoms with Crippen molar-refractivity contribution in [2.45, 2.75) is 20.3 Å². The maximum Gasteiger partial charge on any atom is 0.247 e. The Balaban J connectivity index is 1.99. The van der Waals surface area contributed by atoms with Crippen molar-refractivity contribution in [1.29, 1.82) is 0 Å². The zero-order chi connectivity index (χ0) is 18.2. The zero-order valence-corrected chi connectivity index (χ0v) is 15.9. The van der Waals surface area contributed by atoms with Crippen molar-refractivity contribution in [2.24, 2.45) is 0 Å². The van der Waals surface area contributed by atoms with E-state index in [-0.39, 0.29) is 18.4 Å². The van der Waals surface area contributed by atoms with E-state index < -0.39 is 0 Å². The van der Waals surface area contributed by atoms with Crippen LogP contribution in [0, 0.1) is 6.92 Å². The van der Waals surface area contributed by atoms with E-state index in [1.807, 2.05) is 38.1 Å². The molecular weight excluding hydrogens is 384 g/mol. The van der Waals surface area contributed by atoms with Crippen molar-refractivity contribution >= 4 is 39.5 Å². The van der Waals surface area contributed by atoms with Crippen molar-refractivity contribution in [3.8, 4) is 0 Å². The number of hydrogen-bond acceptors (Lipinski definition) is 3. The number of carbonyl (C=O) groups is 2. The number of hydrogen-bond donors (Lipinski definition) is 1. The number of amides is 2. The Morgan fingerprint density at radius 1 is 1.24 bits per heavy atom. The van der Waals surface area contributed by atoms with E-state index in [2.05, 4.69) is 21.2 Å². The lowest BCUT2D eigenvalue weighted by Gasteiger charge is -2.20. The van der Waals surface area contributed by atoms with Gasteiger partial charge < -0.3 is 14.6 Å². The van der Waals surface area contributed by atoms with Crippen LogP contribution in [0.3, 0.4) is 0 Å². The van der Waals surface area contributed by atoms with Crippen LogP contribution in [0.2, 0.25) is 0 Å². The van der Waals surface area contributed by atoms with Gasteiger partial charge in [0.05, 0.1) is 0 Å². The number of anilines is 1. The number of furan rings is 1. The summed E-state index contributed by atoms with van der Waals surface area (Å²) in [6.45, 7) is 4.40. The molecule has 5 nitrogen and oxygen atoms in total. The van der Waals surface area contributed by atoms with Crippen LogP contribution in [0.5, 0.6) is 0 Å². The molecule has 132 valence electrons. The molecule has 1 N–H and O–H groups in total. The molecule has 1 aromatic carbocycles. The molecule has 0 aliphatic rings. The second-order valence-electron chi connectivity index (χ2n) is 5.60. The monoisotopic (exact) mass is 404 g/mol. The Morgan fingerprint density at radius 2 is 2.00 bits per heavy atom. The highest BCUT2D eigenvalue weighted by Crippen LogP contribution is 2.15. The molecule has 0 bridgehead atoms.